The van der Waals surface area contributed by atoms with E-state index in [9.17, 15) is 0 Å². The van der Waals surface area contributed by atoms with Crippen molar-refractivity contribution >= 4 is 0 Å². The van der Waals surface area contributed by atoms with Crippen molar-refractivity contribution in [3.8, 4) is 0 Å². The Morgan fingerprint density at radius 3 is 2.88 bits per heavy atom. The van der Waals surface area contributed by atoms with Crippen LogP contribution in [0.25, 0.3) is 0 Å². The average Bonchev–Trinajstić information content (AvgIpc) is 2.82. The molecule has 2 rings (SSSR count). The number of hydrogen-bond acceptors (Lipinski definition) is 2. The van der Waals surface area contributed by atoms with Gasteiger partial charge in [-0.3, -0.25) is 0 Å². The number of hydrogen-bond donors (Lipinski definition) is 2. The van der Waals surface area contributed by atoms with Crippen molar-refractivity contribution in [2.75, 3.05) is 19.6 Å². The van der Waals surface area contributed by atoms with Gasteiger partial charge in [0.2, 0.25) is 0 Å². The summed E-state index contributed by atoms with van der Waals surface area (Å²) in [6.45, 7) is 7.06. The molecule has 2 N–H and O–H groups in total. The minimum Gasteiger partial charge on any atom is -0.367 e. The first-order valence-electron chi connectivity index (χ1n) is 6.46. The largest absolute Gasteiger partial charge is 0.367 e. The standard InChI is InChI=1S/C13H23N3/c1-2-7-16-8-4-13(5-9-16)15-11-12-3-6-14-10-12/h3,6,10,13-15H,2,4-5,7-9,11H2,1H3. The van der Waals surface area contributed by atoms with Crippen LogP contribution in [0.4, 0.5) is 0 Å². The van der Waals surface area contributed by atoms with Gasteiger partial charge in [-0.25, -0.2) is 0 Å². The molecule has 0 amide bonds. The normalized spacial score (nSPS) is 19.1. The van der Waals surface area contributed by atoms with Crippen LogP contribution < -0.4 is 5.32 Å². The second kappa shape index (κ2) is 6.06. The lowest BCUT2D eigenvalue weighted by Crippen LogP contribution is -2.42. The van der Waals surface area contributed by atoms with Gasteiger partial charge in [-0.15, -0.1) is 0 Å². The van der Waals surface area contributed by atoms with Crippen LogP contribution >= 0.6 is 0 Å². The molecule has 1 aromatic rings. The Kier molecular flexibility index (Phi) is 4.43. The van der Waals surface area contributed by atoms with Gasteiger partial charge in [-0.05, 0) is 50.5 Å². The van der Waals surface area contributed by atoms with Crippen LogP contribution in [0.15, 0.2) is 18.5 Å². The first-order valence-corrected chi connectivity index (χ1v) is 6.46. The lowest BCUT2D eigenvalue weighted by Gasteiger charge is -2.32. The van der Waals surface area contributed by atoms with E-state index in [1.807, 2.05) is 6.20 Å². The quantitative estimate of drug-likeness (QED) is 0.796. The lowest BCUT2D eigenvalue weighted by atomic mass is 10.0. The predicted octanol–water partition coefficient (Wildman–Crippen LogP) is 1.98. The molecule has 0 spiro atoms. The Morgan fingerprint density at radius 1 is 1.44 bits per heavy atom. The summed E-state index contributed by atoms with van der Waals surface area (Å²) in [5.41, 5.74) is 1.36. The molecule has 0 atom stereocenters. The van der Waals surface area contributed by atoms with Gasteiger partial charge in [0.15, 0.2) is 0 Å². The number of aromatic amines is 1. The molecular weight excluding hydrogens is 198 g/mol. The maximum atomic E-state index is 3.64. The van der Waals surface area contributed by atoms with E-state index in [1.165, 1.54) is 44.5 Å². The minimum atomic E-state index is 0.711. The van der Waals surface area contributed by atoms with Gasteiger partial charge in [-0.1, -0.05) is 6.92 Å². The third kappa shape index (κ3) is 3.35. The van der Waals surface area contributed by atoms with E-state index in [1.54, 1.807) is 0 Å². The van der Waals surface area contributed by atoms with Crippen LogP contribution in [0, 0.1) is 0 Å². The van der Waals surface area contributed by atoms with E-state index in [2.05, 4.69) is 34.4 Å². The highest BCUT2D eigenvalue weighted by molar-refractivity contribution is 5.07. The first-order chi connectivity index (χ1) is 7.88. The molecule has 1 aliphatic rings. The molecule has 0 radical (unpaired) electrons. The van der Waals surface area contributed by atoms with E-state index in [0.29, 0.717) is 6.04 Å². The summed E-state index contributed by atoms with van der Waals surface area (Å²) >= 11 is 0. The molecule has 1 fully saturated rings. The van der Waals surface area contributed by atoms with E-state index in [-0.39, 0.29) is 0 Å². The van der Waals surface area contributed by atoms with Crippen molar-refractivity contribution in [1.29, 1.82) is 0 Å². The molecule has 3 heteroatoms. The number of piperidine rings is 1. The number of aromatic nitrogens is 1. The van der Waals surface area contributed by atoms with Gasteiger partial charge < -0.3 is 15.2 Å². The average molecular weight is 221 g/mol. The van der Waals surface area contributed by atoms with Gasteiger partial charge >= 0.3 is 0 Å². The summed E-state index contributed by atoms with van der Waals surface area (Å²) in [6.07, 6.45) is 7.93. The summed E-state index contributed by atoms with van der Waals surface area (Å²) in [4.78, 5) is 5.67. The topological polar surface area (TPSA) is 31.1 Å². The second-order valence-electron chi connectivity index (χ2n) is 4.72. The summed E-state index contributed by atoms with van der Waals surface area (Å²) < 4.78 is 0. The molecule has 1 aliphatic heterocycles. The lowest BCUT2D eigenvalue weighted by molar-refractivity contribution is 0.197. The molecule has 0 unspecified atom stereocenters. The van der Waals surface area contributed by atoms with Crippen LogP contribution in [0.2, 0.25) is 0 Å². The smallest absolute Gasteiger partial charge is 0.0223 e. The van der Waals surface area contributed by atoms with E-state index in [4.69, 9.17) is 0 Å². The van der Waals surface area contributed by atoms with Crippen molar-refractivity contribution < 1.29 is 0 Å². The Hall–Kier alpha value is -0.800. The van der Waals surface area contributed by atoms with Crippen molar-refractivity contribution in [3.63, 3.8) is 0 Å². The molecule has 16 heavy (non-hydrogen) atoms. The van der Waals surface area contributed by atoms with E-state index in [0.717, 1.165) is 6.54 Å². The van der Waals surface area contributed by atoms with Crippen molar-refractivity contribution in [2.45, 2.75) is 38.8 Å². The summed E-state index contributed by atoms with van der Waals surface area (Å²) in [6, 6.07) is 2.85. The number of nitrogens with zero attached hydrogens (tertiary/aromatic N) is 1. The van der Waals surface area contributed by atoms with Crippen LogP contribution in [0.5, 0.6) is 0 Å². The van der Waals surface area contributed by atoms with Crippen molar-refractivity contribution in [2.24, 2.45) is 0 Å². The SMILES string of the molecule is CCCN1CCC(NCc2cc[nH]c2)CC1. The molecule has 3 nitrogen and oxygen atoms in total. The van der Waals surface area contributed by atoms with E-state index < -0.39 is 0 Å². The summed E-state index contributed by atoms with van der Waals surface area (Å²) in [5.74, 6) is 0. The first kappa shape index (κ1) is 11.7. The highest BCUT2D eigenvalue weighted by Crippen LogP contribution is 2.11. The van der Waals surface area contributed by atoms with Crippen LogP contribution in [-0.4, -0.2) is 35.6 Å². The number of rotatable bonds is 5. The molecule has 2 heterocycles. The number of nitrogens with one attached hydrogen (secondary N) is 2. The Labute approximate surface area is 98.2 Å². The van der Waals surface area contributed by atoms with Crippen LogP contribution in [-0.2, 0) is 6.54 Å². The van der Waals surface area contributed by atoms with Crippen molar-refractivity contribution in [3.05, 3.63) is 24.0 Å². The third-order valence-corrected chi connectivity index (χ3v) is 3.38. The van der Waals surface area contributed by atoms with Gasteiger partial charge in [0.05, 0.1) is 0 Å². The minimum absolute atomic E-state index is 0.711. The van der Waals surface area contributed by atoms with Gasteiger partial charge in [0.1, 0.15) is 0 Å². The number of H-pyrrole nitrogens is 1. The van der Waals surface area contributed by atoms with Crippen LogP contribution in [0.3, 0.4) is 0 Å². The number of likely N-dealkylation sites (tertiary alicyclic amines) is 1. The fraction of sp³-hybridized carbons (Fsp3) is 0.692. The molecule has 0 bridgehead atoms. The molecule has 1 saturated heterocycles. The second-order valence-corrected chi connectivity index (χ2v) is 4.72. The van der Waals surface area contributed by atoms with Crippen LogP contribution in [0.1, 0.15) is 31.7 Å². The Balaban J connectivity index is 1.65. The summed E-state index contributed by atoms with van der Waals surface area (Å²) in [5, 5.41) is 3.64. The molecule has 0 aromatic carbocycles. The van der Waals surface area contributed by atoms with Gasteiger partial charge in [-0.2, -0.15) is 0 Å². The highest BCUT2D eigenvalue weighted by atomic mass is 15.1. The van der Waals surface area contributed by atoms with Gasteiger partial charge in [0, 0.05) is 25.0 Å². The maximum absolute atomic E-state index is 3.64. The zero-order chi connectivity index (χ0) is 11.2. The zero-order valence-electron chi connectivity index (χ0n) is 10.2. The molecule has 0 aliphatic carbocycles. The van der Waals surface area contributed by atoms with Crippen molar-refractivity contribution in [1.82, 2.24) is 15.2 Å². The highest BCUT2D eigenvalue weighted by Gasteiger charge is 2.17. The molecule has 1 aromatic heterocycles. The fourth-order valence-electron chi connectivity index (χ4n) is 2.41. The maximum Gasteiger partial charge on any atom is 0.0223 e. The fourth-order valence-corrected chi connectivity index (χ4v) is 2.41. The van der Waals surface area contributed by atoms with Gasteiger partial charge in [0.25, 0.3) is 0 Å². The molecule has 90 valence electrons. The molecular formula is C13H23N3. The third-order valence-electron chi connectivity index (χ3n) is 3.38. The van der Waals surface area contributed by atoms with E-state index >= 15 is 0 Å². The Morgan fingerprint density at radius 2 is 2.25 bits per heavy atom. The zero-order valence-corrected chi connectivity index (χ0v) is 10.2. The summed E-state index contributed by atoms with van der Waals surface area (Å²) in [7, 11) is 0. The predicted molar refractivity (Wildman–Crippen MR) is 67.4 cm³/mol. The monoisotopic (exact) mass is 221 g/mol. The Bertz CT molecular complexity index is 273. The molecule has 0 saturated carbocycles.